The Labute approximate surface area is 187 Å². The summed E-state index contributed by atoms with van der Waals surface area (Å²) in [7, 11) is -3.20. The van der Waals surface area contributed by atoms with Gasteiger partial charge in [-0.3, -0.25) is 4.90 Å². The highest BCUT2D eigenvalue weighted by atomic mass is 32.2. The van der Waals surface area contributed by atoms with E-state index in [0.29, 0.717) is 18.0 Å². The molecule has 0 amide bonds. The Morgan fingerprint density at radius 3 is 2.29 bits per heavy atom. The summed E-state index contributed by atoms with van der Waals surface area (Å²) in [6.45, 7) is 13.2. The van der Waals surface area contributed by atoms with Gasteiger partial charge in [0.1, 0.15) is 0 Å². The lowest BCUT2D eigenvalue weighted by Gasteiger charge is -2.18. The number of aryl methyl sites for hydroxylation is 1. The minimum Gasteiger partial charge on any atom is -0.357 e. The molecule has 0 unspecified atom stereocenters. The zero-order valence-corrected chi connectivity index (χ0v) is 20.2. The average molecular weight is 445 g/mol. The minimum absolute atomic E-state index is 0.376. The van der Waals surface area contributed by atoms with E-state index in [1.165, 1.54) is 17.4 Å². The van der Waals surface area contributed by atoms with Crippen LogP contribution in [0.15, 0.2) is 52.4 Å². The Balaban J connectivity index is 2.05. The van der Waals surface area contributed by atoms with Gasteiger partial charge < -0.3 is 10.6 Å². The number of sulfone groups is 1. The summed E-state index contributed by atoms with van der Waals surface area (Å²) in [6.07, 6.45) is 1.24. The molecule has 6 nitrogen and oxygen atoms in total. The van der Waals surface area contributed by atoms with Crippen LogP contribution in [-0.4, -0.2) is 45.2 Å². The predicted octanol–water partition coefficient (Wildman–Crippen LogP) is 3.50. The average Bonchev–Trinajstić information content (AvgIpc) is 2.73. The molecule has 0 aromatic heterocycles. The first-order valence-corrected chi connectivity index (χ1v) is 12.8. The van der Waals surface area contributed by atoms with Crippen LogP contribution in [0.5, 0.6) is 0 Å². The number of benzene rings is 2. The summed E-state index contributed by atoms with van der Waals surface area (Å²) in [4.78, 5) is 7.49. The van der Waals surface area contributed by atoms with Crippen molar-refractivity contribution in [1.29, 1.82) is 0 Å². The van der Waals surface area contributed by atoms with E-state index in [9.17, 15) is 8.42 Å². The molecule has 0 atom stereocenters. The predicted molar refractivity (Wildman–Crippen MR) is 129 cm³/mol. The van der Waals surface area contributed by atoms with Gasteiger partial charge in [-0.25, -0.2) is 13.4 Å². The van der Waals surface area contributed by atoms with Gasteiger partial charge in [-0.1, -0.05) is 50.2 Å². The van der Waals surface area contributed by atoms with E-state index in [2.05, 4.69) is 53.6 Å². The van der Waals surface area contributed by atoms with Crippen LogP contribution < -0.4 is 10.6 Å². The molecule has 31 heavy (non-hydrogen) atoms. The van der Waals surface area contributed by atoms with Gasteiger partial charge >= 0.3 is 0 Å². The molecule has 0 aliphatic heterocycles. The molecule has 0 bridgehead atoms. The summed E-state index contributed by atoms with van der Waals surface area (Å²) < 4.78 is 23.6. The molecule has 0 aliphatic carbocycles. The first kappa shape index (κ1) is 24.9. The topological polar surface area (TPSA) is 73.8 Å². The molecule has 2 rings (SSSR count). The summed E-state index contributed by atoms with van der Waals surface area (Å²) in [5.74, 6) is 0.737. The van der Waals surface area contributed by atoms with Crippen LogP contribution >= 0.6 is 0 Å². The molecule has 2 aromatic carbocycles. The lowest BCUT2D eigenvalue weighted by molar-refractivity contribution is 0.296. The van der Waals surface area contributed by atoms with Gasteiger partial charge in [-0.2, -0.15) is 0 Å². The molecule has 0 spiro atoms. The number of aliphatic imine (C=N–C) groups is 1. The zero-order valence-electron chi connectivity index (χ0n) is 19.4. The maximum Gasteiger partial charge on any atom is 0.191 e. The van der Waals surface area contributed by atoms with Crippen molar-refractivity contribution >= 4 is 15.8 Å². The number of rotatable bonds is 10. The summed E-state index contributed by atoms with van der Waals surface area (Å²) in [5, 5.41) is 6.61. The van der Waals surface area contributed by atoms with Crippen molar-refractivity contribution in [3.8, 4) is 0 Å². The minimum atomic E-state index is -3.20. The van der Waals surface area contributed by atoms with Gasteiger partial charge in [0.05, 0.1) is 11.4 Å². The van der Waals surface area contributed by atoms with Crippen molar-refractivity contribution in [2.24, 2.45) is 4.99 Å². The fourth-order valence-electron chi connectivity index (χ4n) is 3.47. The van der Waals surface area contributed by atoms with Gasteiger partial charge in [0, 0.05) is 25.9 Å². The van der Waals surface area contributed by atoms with Crippen LogP contribution in [0.1, 0.15) is 43.0 Å². The normalized spacial score (nSPS) is 12.3. The fraction of sp³-hybridized carbons (Fsp3) is 0.458. The molecule has 0 saturated carbocycles. The number of hydrogen-bond donors (Lipinski definition) is 2. The molecule has 7 heteroatoms. The highest BCUT2D eigenvalue weighted by Gasteiger charge is 2.11. The van der Waals surface area contributed by atoms with E-state index in [1.54, 1.807) is 6.07 Å². The van der Waals surface area contributed by atoms with Crippen LogP contribution in [-0.2, 0) is 29.5 Å². The van der Waals surface area contributed by atoms with Crippen molar-refractivity contribution in [2.45, 2.75) is 52.2 Å². The molecular formula is C24H36N4O2S. The standard InChI is InChI=1S/C24H36N4O2S/c1-6-25-24(27-17-21-12-13-23(19(4)14-21)31(5,29)30)26-16-20-10-9-11-22(15-20)18-28(7-2)8-3/h9-15H,6-8,16-18H2,1-5H3,(H2,25,26,27). The monoisotopic (exact) mass is 444 g/mol. The number of nitrogens with one attached hydrogen (secondary N) is 2. The van der Waals surface area contributed by atoms with Crippen LogP contribution in [0.3, 0.4) is 0 Å². The van der Waals surface area contributed by atoms with Crippen molar-refractivity contribution in [3.63, 3.8) is 0 Å². The van der Waals surface area contributed by atoms with Gasteiger partial charge in [-0.15, -0.1) is 0 Å². The Morgan fingerprint density at radius 2 is 1.68 bits per heavy atom. The van der Waals surface area contributed by atoms with Gasteiger partial charge in [-0.05, 0) is 55.3 Å². The first-order chi connectivity index (χ1) is 14.8. The Kier molecular flexibility index (Phi) is 9.52. The van der Waals surface area contributed by atoms with Crippen molar-refractivity contribution in [3.05, 3.63) is 64.7 Å². The molecular weight excluding hydrogens is 408 g/mol. The highest BCUT2D eigenvalue weighted by molar-refractivity contribution is 7.90. The van der Waals surface area contributed by atoms with Crippen LogP contribution in [0, 0.1) is 6.92 Å². The quantitative estimate of drug-likeness (QED) is 0.433. The fourth-order valence-corrected chi connectivity index (χ4v) is 4.43. The number of nitrogens with zero attached hydrogens (tertiary/aromatic N) is 2. The van der Waals surface area contributed by atoms with Gasteiger partial charge in [0.2, 0.25) is 0 Å². The van der Waals surface area contributed by atoms with E-state index in [1.807, 2.05) is 26.0 Å². The Morgan fingerprint density at radius 1 is 0.968 bits per heavy atom. The first-order valence-electron chi connectivity index (χ1n) is 10.9. The highest BCUT2D eigenvalue weighted by Crippen LogP contribution is 2.16. The Hall–Kier alpha value is -2.38. The molecule has 170 valence electrons. The second-order valence-electron chi connectivity index (χ2n) is 7.70. The molecule has 0 fully saturated rings. The summed E-state index contributed by atoms with van der Waals surface area (Å²) >= 11 is 0. The smallest absolute Gasteiger partial charge is 0.191 e. The zero-order chi connectivity index (χ0) is 22.9. The second kappa shape index (κ2) is 11.9. The lowest BCUT2D eigenvalue weighted by atomic mass is 10.1. The van der Waals surface area contributed by atoms with Crippen molar-refractivity contribution in [2.75, 3.05) is 25.9 Å². The van der Waals surface area contributed by atoms with Gasteiger partial charge in [0.25, 0.3) is 0 Å². The van der Waals surface area contributed by atoms with Crippen LogP contribution in [0.4, 0.5) is 0 Å². The SMILES string of the molecule is CCNC(=NCc1cccc(CN(CC)CC)c1)NCc1ccc(S(C)(=O)=O)c(C)c1. The lowest BCUT2D eigenvalue weighted by Crippen LogP contribution is -2.36. The van der Waals surface area contributed by atoms with Crippen LogP contribution in [0.25, 0.3) is 0 Å². The van der Waals surface area contributed by atoms with Crippen molar-refractivity contribution < 1.29 is 8.42 Å². The third kappa shape index (κ3) is 7.99. The third-order valence-electron chi connectivity index (χ3n) is 5.15. The largest absolute Gasteiger partial charge is 0.357 e. The third-order valence-corrected chi connectivity index (χ3v) is 6.41. The summed E-state index contributed by atoms with van der Waals surface area (Å²) in [6, 6.07) is 14.0. The molecule has 2 aromatic rings. The van der Waals surface area contributed by atoms with Gasteiger partial charge in [0.15, 0.2) is 15.8 Å². The summed E-state index contributed by atoms with van der Waals surface area (Å²) in [5.41, 5.74) is 4.25. The van der Waals surface area contributed by atoms with E-state index in [0.717, 1.165) is 43.3 Å². The number of guanidine groups is 1. The maximum absolute atomic E-state index is 11.8. The molecule has 0 heterocycles. The molecule has 0 saturated heterocycles. The molecule has 2 N–H and O–H groups in total. The molecule has 0 aliphatic rings. The van der Waals surface area contributed by atoms with E-state index in [4.69, 9.17) is 4.99 Å². The van der Waals surface area contributed by atoms with Crippen molar-refractivity contribution in [1.82, 2.24) is 15.5 Å². The van der Waals surface area contributed by atoms with E-state index >= 15 is 0 Å². The number of hydrogen-bond acceptors (Lipinski definition) is 4. The molecule has 0 radical (unpaired) electrons. The van der Waals surface area contributed by atoms with E-state index < -0.39 is 9.84 Å². The van der Waals surface area contributed by atoms with Crippen LogP contribution in [0.2, 0.25) is 0 Å². The van der Waals surface area contributed by atoms with E-state index in [-0.39, 0.29) is 0 Å². The maximum atomic E-state index is 11.8. The second-order valence-corrected chi connectivity index (χ2v) is 9.69. The Bertz CT molecular complexity index is 983.